The molecule has 3 heteroatoms. The van der Waals surface area contributed by atoms with Gasteiger partial charge >= 0.3 is 0 Å². The summed E-state index contributed by atoms with van der Waals surface area (Å²) in [6, 6.07) is 5.10. The van der Waals surface area contributed by atoms with E-state index in [0.29, 0.717) is 12.1 Å². The Morgan fingerprint density at radius 1 is 1.44 bits per heavy atom. The molecule has 16 heavy (non-hydrogen) atoms. The van der Waals surface area contributed by atoms with Gasteiger partial charge in [0.1, 0.15) is 5.75 Å². The van der Waals surface area contributed by atoms with Crippen molar-refractivity contribution in [3.05, 3.63) is 27.7 Å². The number of fused-ring (bicyclic) bond motifs is 1. The largest absolute Gasteiger partial charge is 0.493 e. The molecule has 0 amide bonds. The maximum absolute atomic E-state index is 5.78. The smallest absolute Gasteiger partial charge is 0.128 e. The fourth-order valence-electron chi connectivity index (χ4n) is 2.19. The average molecular weight is 284 g/mol. The van der Waals surface area contributed by atoms with Gasteiger partial charge in [-0.1, -0.05) is 35.8 Å². The van der Waals surface area contributed by atoms with Crippen LogP contribution in [0.2, 0.25) is 0 Å². The summed E-state index contributed by atoms with van der Waals surface area (Å²) in [4.78, 5) is 0. The van der Waals surface area contributed by atoms with E-state index in [0.717, 1.165) is 23.2 Å². The van der Waals surface area contributed by atoms with E-state index in [-0.39, 0.29) is 0 Å². The van der Waals surface area contributed by atoms with E-state index in [4.69, 9.17) is 4.74 Å². The Bertz CT molecular complexity index is 390. The zero-order valence-electron chi connectivity index (χ0n) is 10.0. The summed E-state index contributed by atoms with van der Waals surface area (Å²) in [5.41, 5.74) is 2.49. The fraction of sp³-hybridized carbons (Fsp3) is 0.538. The first-order valence-corrected chi connectivity index (χ1v) is 6.56. The first kappa shape index (κ1) is 11.9. The molecule has 1 aromatic carbocycles. The van der Waals surface area contributed by atoms with E-state index in [1.165, 1.54) is 11.1 Å². The van der Waals surface area contributed by atoms with E-state index < -0.39 is 0 Å². The third-order valence-corrected chi connectivity index (χ3v) is 3.57. The highest BCUT2D eigenvalue weighted by atomic mass is 79.9. The molecule has 1 aromatic rings. The van der Waals surface area contributed by atoms with Crippen LogP contribution >= 0.6 is 15.9 Å². The van der Waals surface area contributed by atoms with E-state index in [2.05, 4.69) is 54.2 Å². The van der Waals surface area contributed by atoms with Gasteiger partial charge in [-0.05, 0) is 18.6 Å². The highest BCUT2D eigenvalue weighted by molar-refractivity contribution is 9.10. The van der Waals surface area contributed by atoms with E-state index in [9.17, 15) is 0 Å². The minimum absolute atomic E-state index is 0.401. The van der Waals surface area contributed by atoms with Gasteiger partial charge in [-0.15, -0.1) is 0 Å². The first-order valence-electron chi connectivity index (χ1n) is 5.77. The summed E-state index contributed by atoms with van der Waals surface area (Å²) < 4.78 is 6.92. The van der Waals surface area contributed by atoms with Crippen molar-refractivity contribution in [3.63, 3.8) is 0 Å². The van der Waals surface area contributed by atoms with Crippen molar-refractivity contribution in [2.75, 3.05) is 6.61 Å². The van der Waals surface area contributed by atoms with Crippen LogP contribution in [0.3, 0.4) is 0 Å². The van der Waals surface area contributed by atoms with Crippen LogP contribution in [0.4, 0.5) is 0 Å². The molecule has 2 rings (SSSR count). The molecular formula is C13H18BrNO. The maximum Gasteiger partial charge on any atom is 0.128 e. The van der Waals surface area contributed by atoms with Crippen molar-refractivity contribution >= 4 is 15.9 Å². The molecule has 1 aliphatic rings. The molecule has 1 unspecified atom stereocenters. The lowest BCUT2D eigenvalue weighted by atomic mass is 9.97. The lowest BCUT2D eigenvalue weighted by molar-refractivity contribution is 0.245. The molecule has 1 atom stereocenters. The number of hydrogen-bond donors (Lipinski definition) is 1. The number of ether oxygens (including phenoxy) is 1. The van der Waals surface area contributed by atoms with E-state index in [1.54, 1.807) is 0 Å². The maximum atomic E-state index is 5.78. The van der Waals surface area contributed by atoms with Gasteiger partial charge in [0.2, 0.25) is 0 Å². The summed E-state index contributed by atoms with van der Waals surface area (Å²) in [5, 5.41) is 3.60. The summed E-state index contributed by atoms with van der Waals surface area (Å²) in [7, 11) is 0. The SMILES string of the molecule is Cc1ccc(Br)c2c1OCCC2NC(C)C. The van der Waals surface area contributed by atoms with Gasteiger partial charge in [0.25, 0.3) is 0 Å². The summed E-state index contributed by atoms with van der Waals surface area (Å²) in [6.45, 7) is 7.26. The quantitative estimate of drug-likeness (QED) is 0.896. The van der Waals surface area contributed by atoms with Crippen LogP contribution in [0.15, 0.2) is 16.6 Å². The predicted molar refractivity (Wildman–Crippen MR) is 70.0 cm³/mol. The van der Waals surface area contributed by atoms with Gasteiger partial charge in [0, 0.05) is 28.5 Å². The van der Waals surface area contributed by atoms with Crippen molar-refractivity contribution in [1.29, 1.82) is 0 Å². The van der Waals surface area contributed by atoms with Gasteiger partial charge in [-0.2, -0.15) is 0 Å². The van der Waals surface area contributed by atoms with E-state index >= 15 is 0 Å². The number of rotatable bonds is 2. The van der Waals surface area contributed by atoms with Gasteiger partial charge < -0.3 is 10.1 Å². The fourth-order valence-corrected chi connectivity index (χ4v) is 2.78. The molecule has 1 aliphatic heterocycles. The van der Waals surface area contributed by atoms with Gasteiger partial charge in [-0.25, -0.2) is 0 Å². The monoisotopic (exact) mass is 283 g/mol. The summed E-state index contributed by atoms with van der Waals surface area (Å²) in [5.74, 6) is 1.05. The normalized spacial score (nSPS) is 19.4. The van der Waals surface area contributed by atoms with Crippen LogP contribution in [-0.4, -0.2) is 12.6 Å². The third kappa shape index (κ3) is 2.25. The molecule has 0 saturated heterocycles. The van der Waals surface area contributed by atoms with Gasteiger partial charge in [0.15, 0.2) is 0 Å². The van der Waals surface area contributed by atoms with E-state index in [1.807, 2.05) is 0 Å². The highest BCUT2D eigenvalue weighted by Crippen LogP contribution is 2.39. The Morgan fingerprint density at radius 3 is 2.88 bits per heavy atom. The molecular weight excluding hydrogens is 266 g/mol. The van der Waals surface area contributed by atoms with Crippen LogP contribution in [-0.2, 0) is 0 Å². The molecule has 0 aliphatic carbocycles. The molecule has 0 spiro atoms. The van der Waals surface area contributed by atoms with Crippen LogP contribution in [0, 0.1) is 6.92 Å². The molecule has 0 radical (unpaired) electrons. The molecule has 2 nitrogen and oxygen atoms in total. The molecule has 0 aromatic heterocycles. The Balaban J connectivity index is 2.40. The van der Waals surface area contributed by atoms with Crippen molar-refractivity contribution < 1.29 is 4.74 Å². The Labute approximate surface area is 106 Å². The lowest BCUT2D eigenvalue weighted by Gasteiger charge is -2.30. The third-order valence-electron chi connectivity index (χ3n) is 2.88. The Hall–Kier alpha value is -0.540. The highest BCUT2D eigenvalue weighted by Gasteiger charge is 2.25. The molecule has 0 saturated carbocycles. The zero-order valence-corrected chi connectivity index (χ0v) is 11.6. The molecule has 1 N–H and O–H groups in total. The molecule has 1 heterocycles. The second-order valence-electron chi connectivity index (χ2n) is 4.62. The number of hydrogen-bond acceptors (Lipinski definition) is 2. The lowest BCUT2D eigenvalue weighted by Crippen LogP contribution is -2.32. The molecule has 0 bridgehead atoms. The van der Waals surface area contributed by atoms with Crippen LogP contribution in [0.5, 0.6) is 5.75 Å². The first-order chi connectivity index (χ1) is 7.59. The predicted octanol–water partition coefficient (Wildman–Crippen LogP) is 3.58. The van der Waals surface area contributed by atoms with Gasteiger partial charge in [0.05, 0.1) is 6.61 Å². The van der Waals surface area contributed by atoms with Crippen molar-refractivity contribution in [1.82, 2.24) is 5.32 Å². The Kier molecular flexibility index (Phi) is 3.55. The van der Waals surface area contributed by atoms with Crippen LogP contribution < -0.4 is 10.1 Å². The van der Waals surface area contributed by atoms with Crippen molar-refractivity contribution in [2.24, 2.45) is 0 Å². The van der Waals surface area contributed by atoms with Crippen molar-refractivity contribution in [2.45, 2.75) is 39.3 Å². The minimum atomic E-state index is 0.401. The summed E-state index contributed by atoms with van der Waals surface area (Å²) in [6.07, 6.45) is 1.03. The molecule has 0 fully saturated rings. The molecule has 88 valence electrons. The topological polar surface area (TPSA) is 21.3 Å². The summed E-state index contributed by atoms with van der Waals surface area (Å²) >= 11 is 3.63. The number of nitrogens with one attached hydrogen (secondary N) is 1. The Morgan fingerprint density at radius 2 is 2.19 bits per heavy atom. The zero-order chi connectivity index (χ0) is 11.7. The standard InChI is InChI=1S/C13H18BrNO/c1-8(2)15-11-6-7-16-13-9(3)4-5-10(14)12(11)13/h4-5,8,11,15H,6-7H2,1-3H3. The van der Waals surface area contributed by atoms with Gasteiger partial charge in [-0.3, -0.25) is 0 Å². The van der Waals surface area contributed by atoms with Crippen molar-refractivity contribution in [3.8, 4) is 5.75 Å². The minimum Gasteiger partial charge on any atom is -0.493 e. The van der Waals surface area contributed by atoms with Crippen LogP contribution in [0.25, 0.3) is 0 Å². The van der Waals surface area contributed by atoms with Crippen LogP contribution in [0.1, 0.15) is 37.4 Å². The number of benzene rings is 1. The number of aryl methyl sites for hydroxylation is 1. The average Bonchev–Trinajstić information content (AvgIpc) is 2.23. The number of halogens is 1. The second kappa shape index (κ2) is 4.76. The second-order valence-corrected chi connectivity index (χ2v) is 5.47.